The maximum absolute atomic E-state index is 8.89. The van der Waals surface area contributed by atoms with Crippen molar-refractivity contribution in [1.29, 1.82) is 0 Å². The molecule has 0 spiro atoms. The Labute approximate surface area is 102 Å². The highest BCUT2D eigenvalue weighted by Gasteiger charge is 2.04. The molecule has 0 atom stereocenters. The van der Waals surface area contributed by atoms with Crippen LogP contribution < -0.4 is 10.1 Å². The topological polar surface area (TPSA) is 61.7 Å². The minimum atomic E-state index is -0.272. The molecule has 0 aliphatic heterocycles. The first kappa shape index (κ1) is 13.7. The molecule has 0 heterocycles. The molecule has 0 unspecified atom stereocenters. The highest BCUT2D eigenvalue weighted by molar-refractivity contribution is 5.27. The molecule has 94 valence electrons. The van der Waals surface area contributed by atoms with Crippen LogP contribution in [0.1, 0.15) is 5.56 Å². The van der Waals surface area contributed by atoms with Gasteiger partial charge in [0.1, 0.15) is 12.4 Å². The first-order valence-corrected chi connectivity index (χ1v) is 5.58. The van der Waals surface area contributed by atoms with Crippen molar-refractivity contribution in [2.75, 3.05) is 19.8 Å². The maximum Gasteiger partial charge on any atom is 0.119 e. The van der Waals surface area contributed by atoms with Crippen molar-refractivity contribution in [3.8, 4) is 5.75 Å². The fourth-order valence-electron chi connectivity index (χ4n) is 1.31. The molecule has 17 heavy (non-hydrogen) atoms. The van der Waals surface area contributed by atoms with Gasteiger partial charge in [0.05, 0.1) is 19.3 Å². The van der Waals surface area contributed by atoms with Crippen molar-refractivity contribution in [2.45, 2.75) is 12.6 Å². The van der Waals surface area contributed by atoms with E-state index in [1.807, 2.05) is 24.3 Å². The predicted molar refractivity (Wildman–Crippen MR) is 66.9 cm³/mol. The third-order valence-corrected chi connectivity index (χ3v) is 2.33. The van der Waals surface area contributed by atoms with E-state index < -0.39 is 0 Å². The van der Waals surface area contributed by atoms with Crippen LogP contribution in [0, 0.1) is 0 Å². The largest absolute Gasteiger partial charge is 0.490 e. The van der Waals surface area contributed by atoms with Gasteiger partial charge in [0.15, 0.2) is 0 Å². The fraction of sp³-hybridized carbons (Fsp3) is 0.385. The molecule has 0 aliphatic carbocycles. The number of ether oxygens (including phenoxy) is 1. The fourth-order valence-corrected chi connectivity index (χ4v) is 1.31. The van der Waals surface area contributed by atoms with Crippen LogP contribution in [0.3, 0.4) is 0 Å². The van der Waals surface area contributed by atoms with Crippen LogP contribution >= 0.6 is 0 Å². The number of benzene rings is 1. The van der Waals surface area contributed by atoms with Crippen LogP contribution in [-0.2, 0) is 6.54 Å². The molecule has 0 aliphatic rings. The van der Waals surface area contributed by atoms with E-state index in [9.17, 15) is 0 Å². The molecule has 4 heteroatoms. The molecule has 0 bridgehead atoms. The van der Waals surface area contributed by atoms with Crippen molar-refractivity contribution >= 4 is 0 Å². The van der Waals surface area contributed by atoms with Gasteiger partial charge in [0.25, 0.3) is 0 Å². The summed E-state index contributed by atoms with van der Waals surface area (Å²) < 4.78 is 5.36. The summed E-state index contributed by atoms with van der Waals surface area (Å²) in [5.74, 6) is 0.800. The zero-order valence-corrected chi connectivity index (χ0v) is 9.80. The van der Waals surface area contributed by atoms with Crippen molar-refractivity contribution in [2.24, 2.45) is 0 Å². The quantitative estimate of drug-likeness (QED) is 0.582. The predicted octanol–water partition coefficient (Wildman–Crippen LogP) is 0.694. The number of aliphatic hydroxyl groups excluding tert-OH is 2. The second-order valence-electron chi connectivity index (χ2n) is 3.69. The molecule has 1 rings (SSSR count). The lowest BCUT2D eigenvalue weighted by atomic mass is 10.2. The molecule has 0 fully saturated rings. The molecule has 0 saturated carbocycles. The highest BCUT2D eigenvalue weighted by Crippen LogP contribution is 2.12. The maximum atomic E-state index is 8.89. The van der Waals surface area contributed by atoms with Gasteiger partial charge in [-0.05, 0) is 17.7 Å². The van der Waals surface area contributed by atoms with Crippen molar-refractivity contribution in [1.82, 2.24) is 5.32 Å². The Kier molecular flexibility index (Phi) is 6.32. The summed E-state index contributed by atoms with van der Waals surface area (Å²) in [7, 11) is 0. The van der Waals surface area contributed by atoms with Gasteiger partial charge < -0.3 is 20.3 Å². The summed E-state index contributed by atoms with van der Waals surface area (Å²) in [5, 5.41) is 20.8. The lowest BCUT2D eigenvalue weighted by Crippen LogP contribution is -2.35. The lowest BCUT2D eigenvalue weighted by Gasteiger charge is -2.13. The van der Waals surface area contributed by atoms with E-state index in [2.05, 4.69) is 11.9 Å². The number of hydrogen-bond acceptors (Lipinski definition) is 4. The van der Waals surface area contributed by atoms with Crippen molar-refractivity contribution < 1.29 is 14.9 Å². The molecule has 0 radical (unpaired) electrons. The molecule has 0 amide bonds. The monoisotopic (exact) mass is 237 g/mol. The average Bonchev–Trinajstić information content (AvgIpc) is 2.39. The van der Waals surface area contributed by atoms with Gasteiger partial charge in [0.2, 0.25) is 0 Å². The third kappa shape index (κ3) is 4.99. The summed E-state index contributed by atoms with van der Waals surface area (Å²) in [6, 6.07) is 7.38. The molecule has 4 nitrogen and oxygen atoms in total. The van der Waals surface area contributed by atoms with Crippen LogP contribution in [-0.4, -0.2) is 36.1 Å². The Balaban J connectivity index is 2.42. The van der Waals surface area contributed by atoms with E-state index in [0.717, 1.165) is 11.3 Å². The van der Waals surface area contributed by atoms with Crippen LogP contribution in [0.5, 0.6) is 5.75 Å². The number of nitrogens with one attached hydrogen (secondary N) is 1. The van der Waals surface area contributed by atoms with Gasteiger partial charge in [-0.3, -0.25) is 0 Å². The average molecular weight is 237 g/mol. The van der Waals surface area contributed by atoms with E-state index in [1.165, 1.54) is 0 Å². The molecule has 3 N–H and O–H groups in total. The van der Waals surface area contributed by atoms with Gasteiger partial charge in [-0.1, -0.05) is 24.8 Å². The van der Waals surface area contributed by atoms with Crippen LogP contribution in [0.4, 0.5) is 0 Å². The Hall–Kier alpha value is -1.36. The van der Waals surface area contributed by atoms with Gasteiger partial charge in [-0.2, -0.15) is 0 Å². The van der Waals surface area contributed by atoms with Crippen molar-refractivity contribution in [3.63, 3.8) is 0 Å². The summed E-state index contributed by atoms with van der Waals surface area (Å²) in [5.41, 5.74) is 1.07. The minimum absolute atomic E-state index is 0.0724. The second kappa shape index (κ2) is 7.84. The minimum Gasteiger partial charge on any atom is -0.490 e. The van der Waals surface area contributed by atoms with Crippen LogP contribution in [0.15, 0.2) is 36.9 Å². The number of aliphatic hydroxyl groups is 2. The van der Waals surface area contributed by atoms with Gasteiger partial charge in [-0.15, -0.1) is 0 Å². The Morgan fingerprint density at radius 2 is 1.88 bits per heavy atom. The summed E-state index contributed by atoms with van der Waals surface area (Å²) in [6.07, 6.45) is 1.70. The van der Waals surface area contributed by atoms with E-state index in [-0.39, 0.29) is 19.3 Å². The first-order chi connectivity index (χ1) is 8.30. The lowest BCUT2D eigenvalue weighted by molar-refractivity contribution is 0.170. The summed E-state index contributed by atoms with van der Waals surface area (Å²) >= 11 is 0. The number of hydrogen-bond donors (Lipinski definition) is 3. The van der Waals surface area contributed by atoms with Crippen molar-refractivity contribution in [3.05, 3.63) is 42.5 Å². The van der Waals surface area contributed by atoms with Gasteiger partial charge in [0, 0.05) is 6.54 Å². The highest BCUT2D eigenvalue weighted by atomic mass is 16.5. The van der Waals surface area contributed by atoms with E-state index in [1.54, 1.807) is 6.08 Å². The molecule has 1 aromatic rings. The molecular formula is C13H19NO3. The molecular weight excluding hydrogens is 218 g/mol. The van der Waals surface area contributed by atoms with Gasteiger partial charge >= 0.3 is 0 Å². The first-order valence-electron chi connectivity index (χ1n) is 5.58. The van der Waals surface area contributed by atoms with E-state index in [4.69, 9.17) is 14.9 Å². The van der Waals surface area contributed by atoms with E-state index in [0.29, 0.717) is 13.2 Å². The van der Waals surface area contributed by atoms with Crippen LogP contribution in [0.25, 0.3) is 0 Å². The summed E-state index contributed by atoms with van der Waals surface area (Å²) in [4.78, 5) is 0. The normalized spacial score (nSPS) is 10.5. The molecule has 0 aromatic heterocycles. The van der Waals surface area contributed by atoms with Crippen LogP contribution in [0.2, 0.25) is 0 Å². The SMILES string of the molecule is C=CCOc1ccc(CNC(CO)CO)cc1. The van der Waals surface area contributed by atoms with Gasteiger partial charge in [-0.25, -0.2) is 0 Å². The zero-order valence-electron chi connectivity index (χ0n) is 9.80. The second-order valence-corrected chi connectivity index (χ2v) is 3.69. The third-order valence-electron chi connectivity index (χ3n) is 2.33. The standard InChI is InChI=1S/C13H19NO3/c1-2-7-17-13-5-3-11(4-6-13)8-14-12(9-15)10-16/h2-6,12,14-16H,1,7-10H2. The zero-order chi connectivity index (χ0) is 12.5. The molecule has 1 aromatic carbocycles. The number of rotatable bonds is 8. The Morgan fingerprint density at radius 1 is 1.24 bits per heavy atom. The summed E-state index contributed by atoms with van der Waals surface area (Å²) in [6.45, 7) is 4.53. The van der Waals surface area contributed by atoms with E-state index >= 15 is 0 Å². The smallest absolute Gasteiger partial charge is 0.119 e. The molecule has 0 saturated heterocycles. The Bertz CT molecular complexity index is 320. The Morgan fingerprint density at radius 3 is 2.41 bits per heavy atom.